The summed E-state index contributed by atoms with van der Waals surface area (Å²) in [6.07, 6.45) is 9.12. The Morgan fingerprint density at radius 2 is 1.61 bits per heavy atom. The lowest BCUT2D eigenvalue weighted by atomic mass is 9.69. The van der Waals surface area contributed by atoms with Crippen LogP contribution < -0.4 is 4.90 Å². The second-order valence-corrected chi connectivity index (χ2v) is 13.3. The van der Waals surface area contributed by atoms with Gasteiger partial charge in [-0.2, -0.15) is 4.58 Å². The summed E-state index contributed by atoms with van der Waals surface area (Å²) in [6, 6.07) is 11.0. The second-order valence-electron chi connectivity index (χ2n) is 13.3. The third kappa shape index (κ3) is 4.40. The van der Waals surface area contributed by atoms with E-state index in [4.69, 9.17) is 4.74 Å². The van der Waals surface area contributed by atoms with Gasteiger partial charge in [-0.25, -0.2) is 4.79 Å². The lowest BCUT2D eigenvalue weighted by molar-refractivity contribution is -0.401. The van der Waals surface area contributed by atoms with Crippen molar-refractivity contribution < 1.29 is 14.1 Å². The van der Waals surface area contributed by atoms with Crippen molar-refractivity contribution in [2.24, 2.45) is 0 Å². The summed E-state index contributed by atoms with van der Waals surface area (Å²) in [5, 5.41) is 0. The molecule has 202 valence electrons. The highest BCUT2D eigenvalue weighted by molar-refractivity contribution is 6.03. The molecule has 38 heavy (non-hydrogen) atoms. The molecule has 0 N–H and O–H groups in total. The number of hydrogen-bond donors (Lipinski definition) is 0. The number of rotatable bonds is 6. The van der Waals surface area contributed by atoms with Crippen LogP contribution in [0.1, 0.15) is 100 Å². The molecule has 3 heterocycles. The van der Waals surface area contributed by atoms with Gasteiger partial charge in [0.1, 0.15) is 7.05 Å². The molecule has 4 heteroatoms. The van der Waals surface area contributed by atoms with Crippen molar-refractivity contribution in [2.75, 3.05) is 31.6 Å². The smallest absolute Gasteiger partial charge is 0.338 e. The van der Waals surface area contributed by atoms with E-state index in [9.17, 15) is 4.79 Å². The number of anilines is 1. The molecular formula is C34H45N2O2+. The Hall–Kier alpha value is -2.88. The zero-order valence-electron chi connectivity index (χ0n) is 24.7. The van der Waals surface area contributed by atoms with E-state index in [-0.39, 0.29) is 22.2 Å². The monoisotopic (exact) mass is 513 g/mol. The number of ether oxygens (including phenoxy) is 1. The lowest BCUT2D eigenvalue weighted by Crippen LogP contribution is -2.44. The first-order valence-corrected chi connectivity index (χ1v) is 14.4. The van der Waals surface area contributed by atoms with E-state index in [1.54, 1.807) is 11.1 Å². The maximum absolute atomic E-state index is 12.3. The molecule has 5 rings (SSSR count). The first-order chi connectivity index (χ1) is 17.9. The van der Waals surface area contributed by atoms with E-state index in [2.05, 4.69) is 88.4 Å². The maximum Gasteiger partial charge on any atom is 0.338 e. The van der Waals surface area contributed by atoms with Crippen molar-refractivity contribution in [2.45, 2.75) is 90.4 Å². The zero-order valence-corrected chi connectivity index (χ0v) is 24.7. The Morgan fingerprint density at radius 1 is 0.974 bits per heavy atom. The van der Waals surface area contributed by atoms with Crippen molar-refractivity contribution in [3.8, 4) is 0 Å². The Morgan fingerprint density at radius 3 is 2.21 bits per heavy atom. The van der Waals surface area contributed by atoms with Crippen LogP contribution in [0.3, 0.4) is 0 Å². The topological polar surface area (TPSA) is 32.5 Å². The average Bonchev–Trinajstić information content (AvgIpc) is 3.05. The van der Waals surface area contributed by atoms with Crippen molar-refractivity contribution in [3.63, 3.8) is 0 Å². The molecule has 0 amide bonds. The standard InChI is InChI=1S/C34H45N2O2/c1-9-38-31(37)24-14-15-28-25(22-24)34(6,7)29(35(28)8)13-11-10-12-23-20-26-30-27(21-23)33(4,5)17-19-36(30)18-16-32(26,2)3/h11,13-15,20-22H,9-10,12,16-19H2,1-8H3/q+1/b13-11+. The Labute approximate surface area is 229 Å². The van der Waals surface area contributed by atoms with Gasteiger partial charge in [0.25, 0.3) is 0 Å². The van der Waals surface area contributed by atoms with Crippen molar-refractivity contribution in [1.29, 1.82) is 0 Å². The van der Waals surface area contributed by atoms with Gasteiger partial charge in [-0.15, -0.1) is 0 Å². The quantitative estimate of drug-likeness (QED) is 0.302. The highest BCUT2D eigenvalue weighted by Crippen LogP contribution is 2.49. The molecule has 0 radical (unpaired) electrons. The molecule has 3 aliphatic heterocycles. The van der Waals surface area contributed by atoms with E-state index >= 15 is 0 Å². The number of aryl methyl sites for hydroxylation is 1. The van der Waals surface area contributed by atoms with Gasteiger partial charge in [0.15, 0.2) is 5.71 Å². The summed E-state index contributed by atoms with van der Waals surface area (Å²) in [7, 11) is 2.13. The fraction of sp³-hybridized carbons (Fsp3) is 0.529. The minimum Gasteiger partial charge on any atom is -0.462 e. The summed E-state index contributed by atoms with van der Waals surface area (Å²) < 4.78 is 7.51. The van der Waals surface area contributed by atoms with Gasteiger partial charge in [0.2, 0.25) is 5.69 Å². The van der Waals surface area contributed by atoms with Crippen LogP contribution in [0, 0.1) is 0 Å². The minimum absolute atomic E-state index is 0.184. The number of esters is 1. The summed E-state index contributed by atoms with van der Waals surface area (Å²) in [5.74, 6) is -0.253. The Bertz CT molecular complexity index is 1300. The van der Waals surface area contributed by atoms with Crippen LogP contribution in [-0.2, 0) is 27.4 Å². The van der Waals surface area contributed by atoms with Crippen LogP contribution in [-0.4, -0.2) is 43.0 Å². The van der Waals surface area contributed by atoms with E-state index in [1.807, 2.05) is 19.1 Å². The summed E-state index contributed by atoms with van der Waals surface area (Å²) in [4.78, 5) is 15.0. The fourth-order valence-corrected chi connectivity index (χ4v) is 6.77. The third-order valence-electron chi connectivity index (χ3n) is 9.38. The first-order valence-electron chi connectivity index (χ1n) is 14.4. The van der Waals surface area contributed by atoms with Crippen LogP contribution in [0.5, 0.6) is 0 Å². The summed E-state index contributed by atoms with van der Waals surface area (Å²) in [6.45, 7) is 18.8. The van der Waals surface area contributed by atoms with E-state index in [1.165, 1.54) is 48.5 Å². The van der Waals surface area contributed by atoms with Crippen LogP contribution in [0.15, 0.2) is 42.5 Å². The van der Waals surface area contributed by atoms with Gasteiger partial charge < -0.3 is 9.64 Å². The molecule has 4 nitrogen and oxygen atoms in total. The number of carbonyl (C=O) groups is 1. The largest absolute Gasteiger partial charge is 0.462 e. The molecule has 0 fully saturated rings. The van der Waals surface area contributed by atoms with E-state index in [0.29, 0.717) is 12.2 Å². The Balaban J connectivity index is 1.37. The molecule has 0 bridgehead atoms. The minimum atomic E-state index is -0.253. The number of nitrogens with zero attached hydrogens (tertiary/aromatic N) is 2. The van der Waals surface area contributed by atoms with Gasteiger partial charge in [-0.3, -0.25) is 0 Å². The molecule has 0 unspecified atom stereocenters. The normalized spacial score (nSPS) is 20.5. The molecule has 0 saturated carbocycles. The number of allylic oxidation sites excluding steroid dienone is 2. The van der Waals surface area contributed by atoms with Gasteiger partial charge in [0.05, 0.1) is 17.6 Å². The van der Waals surface area contributed by atoms with Gasteiger partial charge in [0, 0.05) is 36.5 Å². The SMILES string of the molecule is CCOC(=O)c1ccc2c(c1)C(C)(C)C(/C=C/CCc1cc3c4c(c1)C(C)(C)CCN4CCC3(C)C)=[N+]2C. The predicted octanol–water partition coefficient (Wildman–Crippen LogP) is 7.23. The molecular weight excluding hydrogens is 468 g/mol. The molecule has 2 aromatic rings. The molecule has 3 aliphatic rings. The van der Waals surface area contributed by atoms with Gasteiger partial charge >= 0.3 is 5.97 Å². The average molecular weight is 514 g/mol. The van der Waals surface area contributed by atoms with Gasteiger partial charge in [-0.05, 0) is 86.1 Å². The molecule has 0 saturated heterocycles. The van der Waals surface area contributed by atoms with Crippen molar-refractivity contribution in [3.05, 3.63) is 70.3 Å². The van der Waals surface area contributed by atoms with E-state index < -0.39 is 0 Å². The van der Waals surface area contributed by atoms with Crippen LogP contribution in [0.4, 0.5) is 11.4 Å². The van der Waals surface area contributed by atoms with Crippen LogP contribution in [0.2, 0.25) is 0 Å². The Kier molecular flexibility index (Phi) is 6.60. The molecule has 0 atom stereocenters. The number of hydrogen-bond acceptors (Lipinski definition) is 3. The number of carbonyl (C=O) groups excluding carboxylic acids is 1. The predicted molar refractivity (Wildman–Crippen MR) is 158 cm³/mol. The summed E-state index contributed by atoms with van der Waals surface area (Å²) >= 11 is 0. The molecule has 0 aromatic heterocycles. The summed E-state index contributed by atoms with van der Waals surface area (Å²) in [5.41, 5.74) is 10.6. The zero-order chi connectivity index (χ0) is 27.5. The second kappa shape index (κ2) is 9.39. The van der Waals surface area contributed by atoms with Gasteiger partial charge in [-0.1, -0.05) is 45.9 Å². The van der Waals surface area contributed by atoms with Crippen LogP contribution >= 0.6 is 0 Å². The van der Waals surface area contributed by atoms with Crippen molar-refractivity contribution >= 4 is 23.1 Å². The highest BCUT2D eigenvalue weighted by atomic mass is 16.5. The molecule has 2 aromatic carbocycles. The fourth-order valence-electron chi connectivity index (χ4n) is 6.77. The molecule has 0 aliphatic carbocycles. The first kappa shape index (κ1) is 26.7. The van der Waals surface area contributed by atoms with E-state index in [0.717, 1.165) is 18.5 Å². The number of fused-ring (bicyclic) bond motifs is 1. The lowest BCUT2D eigenvalue weighted by Gasteiger charge is -2.48. The third-order valence-corrected chi connectivity index (χ3v) is 9.38. The molecule has 0 spiro atoms. The maximum atomic E-state index is 12.3. The highest BCUT2D eigenvalue weighted by Gasteiger charge is 2.43. The number of benzene rings is 2. The van der Waals surface area contributed by atoms with Crippen LogP contribution in [0.25, 0.3) is 0 Å². The van der Waals surface area contributed by atoms with Crippen molar-refractivity contribution in [1.82, 2.24) is 0 Å².